The number of halogens is 1. The quantitative estimate of drug-likeness (QED) is 0.274. The lowest BCUT2D eigenvalue weighted by Crippen LogP contribution is -2.50. The number of rotatable bonds is 10. The molecule has 0 radical (unpaired) electrons. The van der Waals surface area contributed by atoms with Crippen LogP contribution < -0.4 is 5.73 Å². The topological polar surface area (TPSA) is 141 Å². The van der Waals surface area contributed by atoms with E-state index in [1.165, 1.54) is 40.7 Å². The van der Waals surface area contributed by atoms with Gasteiger partial charge in [0.15, 0.2) is 11.9 Å². The van der Waals surface area contributed by atoms with Crippen LogP contribution in [0.5, 0.6) is 0 Å². The van der Waals surface area contributed by atoms with E-state index in [0.717, 1.165) is 25.2 Å². The first-order valence-corrected chi connectivity index (χ1v) is 14.3. The lowest BCUT2D eigenvalue weighted by Gasteiger charge is -2.40. The Bertz CT molecular complexity index is 1600. The predicted molar refractivity (Wildman–Crippen MR) is 156 cm³/mol. The molecule has 5 atom stereocenters. The largest absolute Gasteiger partial charge is 0.756 e. The Balaban J connectivity index is 1.16. The second kappa shape index (κ2) is 12.0. The third kappa shape index (κ3) is 5.92. The Morgan fingerprint density at radius 1 is 1.07 bits per heavy atom. The fourth-order valence-electron chi connectivity index (χ4n) is 6.40. The molecular formula is C32H32FN6O4-. The second-order valence-electron chi connectivity index (χ2n) is 11.4. The molecule has 222 valence electrons. The van der Waals surface area contributed by atoms with Crippen molar-refractivity contribution in [1.29, 1.82) is 0 Å². The number of hydroxylamine groups is 2. The summed E-state index contributed by atoms with van der Waals surface area (Å²) in [6, 6.07) is 19.0. The van der Waals surface area contributed by atoms with E-state index >= 15 is 0 Å². The molecule has 1 saturated heterocycles. The van der Waals surface area contributed by atoms with Crippen LogP contribution in [0.15, 0.2) is 85.2 Å². The molecule has 0 bridgehead atoms. The number of likely N-dealkylation sites (tertiary alicyclic amines) is 1. The van der Waals surface area contributed by atoms with Crippen molar-refractivity contribution >= 4 is 11.8 Å². The van der Waals surface area contributed by atoms with Crippen molar-refractivity contribution in [2.24, 2.45) is 17.6 Å². The summed E-state index contributed by atoms with van der Waals surface area (Å²) >= 11 is 0. The molecule has 1 aliphatic heterocycles. The second-order valence-corrected chi connectivity index (χ2v) is 11.4. The maximum Gasteiger partial charge on any atom is 0.248 e. The molecule has 11 heteroatoms. The molecule has 43 heavy (non-hydrogen) atoms. The normalized spacial score (nSPS) is 21.0. The lowest BCUT2D eigenvalue weighted by molar-refractivity contribution is -0.128. The Kier molecular flexibility index (Phi) is 8.02. The first kappa shape index (κ1) is 28.7. The summed E-state index contributed by atoms with van der Waals surface area (Å²) in [6.45, 7) is 2.49. The maximum absolute atomic E-state index is 13.5. The number of carbonyl (C=O) groups is 2. The molecule has 2 aromatic heterocycles. The zero-order valence-electron chi connectivity index (χ0n) is 23.4. The number of amides is 2. The van der Waals surface area contributed by atoms with Gasteiger partial charge in [-0.05, 0) is 72.1 Å². The van der Waals surface area contributed by atoms with Crippen LogP contribution in [0.4, 0.5) is 4.39 Å². The van der Waals surface area contributed by atoms with Gasteiger partial charge >= 0.3 is 0 Å². The van der Waals surface area contributed by atoms with Gasteiger partial charge in [0.1, 0.15) is 5.82 Å². The number of hydrogen-bond donors (Lipinski definition) is 2. The van der Waals surface area contributed by atoms with Gasteiger partial charge in [0.25, 0.3) is 0 Å². The number of aliphatic hydroxyl groups is 1. The number of nitrogens with zero attached hydrogens (tertiary/aromatic N) is 5. The molecule has 6 rings (SSSR count). The molecule has 3 heterocycles. The van der Waals surface area contributed by atoms with Gasteiger partial charge in [-0.3, -0.25) is 14.5 Å². The molecule has 2 amide bonds. The Morgan fingerprint density at radius 2 is 1.84 bits per heavy atom. The van der Waals surface area contributed by atoms with Gasteiger partial charge < -0.3 is 21.1 Å². The van der Waals surface area contributed by atoms with E-state index in [1.807, 2.05) is 18.2 Å². The summed E-state index contributed by atoms with van der Waals surface area (Å²) in [4.78, 5) is 32.0. The number of benzene rings is 2. The Morgan fingerprint density at radius 3 is 2.58 bits per heavy atom. The highest BCUT2D eigenvalue weighted by Crippen LogP contribution is 2.51. The number of aromatic nitrogens is 3. The van der Waals surface area contributed by atoms with E-state index in [1.54, 1.807) is 36.5 Å². The van der Waals surface area contributed by atoms with Crippen molar-refractivity contribution in [3.8, 4) is 5.82 Å². The average Bonchev–Trinajstić information content (AvgIpc) is 3.60. The highest BCUT2D eigenvalue weighted by molar-refractivity contribution is 5.98. The average molecular weight is 584 g/mol. The van der Waals surface area contributed by atoms with Crippen LogP contribution in [-0.4, -0.2) is 66.9 Å². The van der Waals surface area contributed by atoms with Crippen LogP contribution >= 0.6 is 0 Å². The summed E-state index contributed by atoms with van der Waals surface area (Å²) in [5.41, 5.74) is 7.91. The molecule has 1 saturated carbocycles. The number of primary amides is 1. The third-order valence-corrected chi connectivity index (χ3v) is 8.65. The monoisotopic (exact) mass is 583 g/mol. The maximum atomic E-state index is 13.5. The number of aliphatic hydroxyl groups excluding tert-OH is 1. The summed E-state index contributed by atoms with van der Waals surface area (Å²) in [7, 11) is 0. The van der Waals surface area contributed by atoms with Crippen LogP contribution in [0.25, 0.3) is 5.82 Å². The van der Waals surface area contributed by atoms with Gasteiger partial charge in [0, 0.05) is 32.0 Å². The summed E-state index contributed by atoms with van der Waals surface area (Å²) < 4.78 is 14.8. The summed E-state index contributed by atoms with van der Waals surface area (Å²) in [6.07, 6.45) is 2.34. The van der Waals surface area contributed by atoms with Crippen molar-refractivity contribution < 1.29 is 19.1 Å². The van der Waals surface area contributed by atoms with Gasteiger partial charge in [0.05, 0.1) is 17.3 Å². The van der Waals surface area contributed by atoms with Gasteiger partial charge in [0.2, 0.25) is 11.8 Å². The smallest absolute Gasteiger partial charge is 0.248 e. The minimum atomic E-state index is -1.86. The van der Waals surface area contributed by atoms with Gasteiger partial charge in [-0.15, -0.1) is 0 Å². The molecule has 0 spiro atoms. The number of nitrogens with two attached hydrogens (primary N) is 1. The van der Waals surface area contributed by atoms with E-state index in [2.05, 4.69) is 15.0 Å². The highest BCUT2D eigenvalue weighted by Gasteiger charge is 2.47. The number of fused-ring (bicyclic) bond motifs is 1. The van der Waals surface area contributed by atoms with Crippen molar-refractivity contribution in [1.82, 2.24) is 24.7 Å². The van der Waals surface area contributed by atoms with Crippen LogP contribution in [0.1, 0.15) is 39.5 Å². The van der Waals surface area contributed by atoms with E-state index in [4.69, 9.17) is 5.73 Å². The third-order valence-electron chi connectivity index (χ3n) is 8.65. The van der Waals surface area contributed by atoms with Gasteiger partial charge in [-0.25, -0.2) is 14.1 Å². The molecule has 1 aliphatic carbocycles. The molecule has 4 aromatic rings. The molecule has 4 unspecified atom stereocenters. The van der Waals surface area contributed by atoms with Crippen molar-refractivity contribution in [2.45, 2.75) is 37.5 Å². The van der Waals surface area contributed by atoms with Crippen molar-refractivity contribution in [3.63, 3.8) is 0 Å². The van der Waals surface area contributed by atoms with E-state index in [9.17, 15) is 24.3 Å². The first-order valence-electron chi connectivity index (χ1n) is 14.3. The Hall–Kier alpha value is -4.45. The van der Waals surface area contributed by atoms with Crippen LogP contribution in [0, 0.1) is 22.9 Å². The number of pyridine rings is 1. The lowest BCUT2D eigenvalue weighted by atomic mass is 9.64. The Labute approximate surface area is 248 Å². The van der Waals surface area contributed by atoms with E-state index in [-0.39, 0.29) is 28.7 Å². The fourth-order valence-corrected chi connectivity index (χ4v) is 6.40. The molecule has 3 N–H and O–H groups in total. The molecular weight excluding hydrogens is 551 g/mol. The van der Waals surface area contributed by atoms with Crippen molar-refractivity contribution in [3.05, 3.63) is 119 Å². The zero-order chi connectivity index (χ0) is 30.1. The predicted octanol–water partition coefficient (Wildman–Crippen LogP) is 3.04. The highest BCUT2D eigenvalue weighted by atomic mass is 19.1. The minimum Gasteiger partial charge on any atom is -0.756 e. The SMILES string of the molecule is NC(=O)C(O)C(Cc1ccccc1)N([O-])C(=O)c1cccnc1-n1ccc(CN2CC3C[C@@H](c4ccc(F)cc4)C3C2)n1. The van der Waals surface area contributed by atoms with Crippen LogP contribution in [-0.2, 0) is 17.8 Å². The first-order chi connectivity index (χ1) is 20.8. The van der Waals surface area contributed by atoms with E-state index in [0.29, 0.717) is 29.9 Å². The number of hydrogen-bond acceptors (Lipinski definition) is 7. The molecule has 2 aliphatic rings. The molecule has 2 fully saturated rings. The fraction of sp³-hybridized carbons (Fsp3) is 0.312. The van der Waals surface area contributed by atoms with E-state index < -0.39 is 24.0 Å². The van der Waals surface area contributed by atoms with Gasteiger partial charge in [-0.1, -0.05) is 42.5 Å². The summed E-state index contributed by atoms with van der Waals surface area (Å²) in [5.74, 6) is -0.579. The molecule has 2 aromatic carbocycles. The van der Waals surface area contributed by atoms with Crippen LogP contribution in [0.2, 0.25) is 0 Å². The minimum absolute atomic E-state index is 0.0248. The summed E-state index contributed by atoms with van der Waals surface area (Å²) in [5, 5.41) is 28.6. The van der Waals surface area contributed by atoms with Crippen LogP contribution in [0.3, 0.4) is 0 Å². The zero-order valence-corrected chi connectivity index (χ0v) is 23.4. The van der Waals surface area contributed by atoms with Gasteiger partial charge in [-0.2, -0.15) is 5.10 Å². The van der Waals surface area contributed by atoms with Crippen molar-refractivity contribution in [2.75, 3.05) is 13.1 Å². The number of carbonyl (C=O) groups excluding carboxylic acids is 2. The standard InChI is InChI=1S/C32H32FN6O4/c33-23-10-8-21(9-11-23)26-16-22-17-37(19-27(22)26)18-24-12-14-38(36-24)31-25(7-4-13-35-31)32(42)39(43)28(29(40)30(34)41)15-20-5-2-1-3-6-20/h1-14,22,26-29,40H,15-19H2,(H2,34,41)/q-1/t22?,26-,27?,28?,29?/m0/s1. The molecule has 10 nitrogen and oxygen atoms in total.